The molecule has 6 heteroatoms. The van der Waals surface area contributed by atoms with Gasteiger partial charge in [-0.3, -0.25) is 0 Å². The molecule has 0 aromatic carbocycles. The number of carboxylic acid groups (broad SMARTS) is 1. The number of nitrogens with one attached hydrogen (secondary N) is 1. The highest BCUT2D eigenvalue weighted by Crippen LogP contribution is 2.35. The highest BCUT2D eigenvalue weighted by Gasteiger charge is 2.25. The fourth-order valence-electron chi connectivity index (χ4n) is 2.66. The zero-order valence-electron chi connectivity index (χ0n) is 11.5. The first-order valence-corrected chi connectivity index (χ1v) is 7.63. The van der Waals surface area contributed by atoms with Crippen LogP contribution in [0.5, 0.6) is 0 Å². The van der Waals surface area contributed by atoms with E-state index in [1.54, 1.807) is 0 Å². The Morgan fingerprint density at radius 3 is 2.85 bits per heavy atom. The van der Waals surface area contributed by atoms with Crippen molar-refractivity contribution in [2.24, 2.45) is 5.92 Å². The molecule has 0 aliphatic heterocycles. The molecule has 5 nitrogen and oxygen atoms in total. The Balaban J connectivity index is 1.99. The van der Waals surface area contributed by atoms with Crippen molar-refractivity contribution in [3.63, 3.8) is 0 Å². The van der Waals surface area contributed by atoms with E-state index >= 15 is 0 Å². The van der Waals surface area contributed by atoms with Gasteiger partial charge in [-0.1, -0.05) is 6.42 Å². The molecule has 1 atom stereocenters. The van der Waals surface area contributed by atoms with Crippen LogP contribution in [0.4, 0.5) is 5.82 Å². The van der Waals surface area contributed by atoms with Gasteiger partial charge in [0.2, 0.25) is 0 Å². The molecule has 106 valence electrons. The maximum atomic E-state index is 11.2. The molecule has 0 amide bonds. The van der Waals surface area contributed by atoms with E-state index in [0.29, 0.717) is 16.8 Å². The van der Waals surface area contributed by atoms with Crippen molar-refractivity contribution in [3.05, 3.63) is 16.8 Å². The molecular weight excluding hydrogens is 274 g/mol. The molecule has 0 radical (unpaired) electrons. The van der Waals surface area contributed by atoms with Crippen molar-refractivity contribution < 1.29 is 9.90 Å². The largest absolute Gasteiger partial charge is 0.477 e. The quantitative estimate of drug-likeness (QED) is 0.904. The van der Waals surface area contributed by atoms with Gasteiger partial charge in [0, 0.05) is 6.04 Å². The molecule has 1 aliphatic carbocycles. The lowest BCUT2D eigenvalue weighted by atomic mass is 9.80. The number of carboxylic acids is 1. The standard InChI is InChI=1S/C14H17N3O2S/c1-7-10-12(17-8(2)9-4-3-5-9)15-6-16-13(10)20-11(7)14(18)19/h6,8-9H,3-5H2,1-2H3,(H,18,19)(H,15,16,17). The summed E-state index contributed by atoms with van der Waals surface area (Å²) in [5, 5.41) is 13.5. The van der Waals surface area contributed by atoms with Gasteiger partial charge in [0.05, 0.1) is 5.39 Å². The number of aromatic nitrogens is 2. The van der Waals surface area contributed by atoms with E-state index in [0.717, 1.165) is 21.6 Å². The Labute approximate surface area is 121 Å². The van der Waals surface area contributed by atoms with Crippen molar-refractivity contribution in [1.82, 2.24) is 9.97 Å². The third-order valence-corrected chi connectivity index (χ3v) is 5.33. The first-order valence-electron chi connectivity index (χ1n) is 6.82. The Kier molecular flexibility index (Phi) is 3.33. The average Bonchev–Trinajstić information content (AvgIpc) is 2.65. The van der Waals surface area contributed by atoms with Gasteiger partial charge in [-0.25, -0.2) is 14.8 Å². The van der Waals surface area contributed by atoms with E-state index < -0.39 is 5.97 Å². The maximum Gasteiger partial charge on any atom is 0.346 e. The number of hydrogen-bond donors (Lipinski definition) is 2. The van der Waals surface area contributed by atoms with Crippen molar-refractivity contribution in [1.29, 1.82) is 0 Å². The fraction of sp³-hybridized carbons (Fsp3) is 0.500. The molecule has 20 heavy (non-hydrogen) atoms. The monoisotopic (exact) mass is 291 g/mol. The van der Waals surface area contributed by atoms with E-state index in [2.05, 4.69) is 22.2 Å². The Morgan fingerprint density at radius 1 is 1.50 bits per heavy atom. The third-order valence-electron chi connectivity index (χ3n) is 4.14. The summed E-state index contributed by atoms with van der Waals surface area (Å²) in [6.45, 7) is 3.99. The smallest absolute Gasteiger partial charge is 0.346 e. The SMILES string of the molecule is Cc1c(C(=O)O)sc2ncnc(NC(C)C3CCC3)c12. The van der Waals surface area contributed by atoms with E-state index in [1.807, 2.05) is 6.92 Å². The highest BCUT2D eigenvalue weighted by molar-refractivity contribution is 7.20. The summed E-state index contributed by atoms with van der Waals surface area (Å²) in [4.78, 5) is 20.8. The van der Waals surface area contributed by atoms with Crippen molar-refractivity contribution in [3.8, 4) is 0 Å². The first kappa shape index (κ1) is 13.3. The number of carbonyl (C=O) groups is 1. The minimum absolute atomic E-state index is 0.347. The van der Waals surface area contributed by atoms with Crippen LogP contribution in [0, 0.1) is 12.8 Å². The molecule has 2 heterocycles. The molecule has 2 aromatic rings. The molecule has 0 spiro atoms. The van der Waals surface area contributed by atoms with Crippen LogP contribution in [0.2, 0.25) is 0 Å². The second kappa shape index (κ2) is 5.01. The lowest BCUT2D eigenvalue weighted by Crippen LogP contribution is -2.31. The number of nitrogens with zero attached hydrogens (tertiary/aromatic N) is 2. The number of rotatable bonds is 4. The highest BCUT2D eigenvalue weighted by atomic mass is 32.1. The predicted molar refractivity (Wildman–Crippen MR) is 79.5 cm³/mol. The van der Waals surface area contributed by atoms with Gasteiger partial charge in [-0.05, 0) is 38.2 Å². The minimum Gasteiger partial charge on any atom is -0.477 e. The van der Waals surface area contributed by atoms with Gasteiger partial charge < -0.3 is 10.4 Å². The summed E-state index contributed by atoms with van der Waals surface area (Å²) in [6, 6.07) is 0.356. The second-order valence-corrected chi connectivity index (χ2v) is 6.39. The molecule has 0 saturated heterocycles. The normalized spacial score (nSPS) is 16.9. The van der Waals surface area contributed by atoms with E-state index in [1.165, 1.54) is 36.9 Å². The summed E-state index contributed by atoms with van der Waals surface area (Å²) in [6.07, 6.45) is 5.31. The minimum atomic E-state index is -0.900. The molecule has 1 fully saturated rings. The van der Waals surface area contributed by atoms with Crippen LogP contribution in [0.1, 0.15) is 41.4 Å². The van der Waals surface area contributed by atoms with Crippen LogP contribution in [0.25, 0.3) is 10.2 Å². The Bertz CT molecular complexity index is 664. The first-order chi connectivity index (χ1) is 9.58. The number of anilines is 1. The predicted octanol–water partition coefficient (Wildman–Crippen LogP) is 3.30. The lowest BCUT2D eigenvalue weighted by Gasteiger charge is -2.32. The zero-order chi connectivity index (χ0) is 14.3. The van der Waals surface area contributed by atoms with E-state index in [9.17, 15) is 9.90 Å². The van der Waals surface area contributed by atoms with Crippen molar-refractivity contribution >= 4 is 33.3 Å². The van der Waals surface area contributed by atoms with Gasteiger partial charge >= 0.3 is 5.97 Å². The third kappa shape index (κ3) is 2.14. The summed E-state index contributed by atoms with van der Waals surface area (Å²) >= 11 is 1.21. The topological polar surface area (TPSA) is 75.1 Å². The van der Waals surface area contributed by atoms with Crippen molar-refractivity contribution in [2.75, 3.05) is 5.32 Å². The Morgan fingerprint density at radius 2 is 2.25 bits per heavy atom. The summed E-state index contributed by atoms with van der Waals surface area (Å²) in [5.74, 6) is 0.553. The average molecular weight is 291 g/mol. The summed E-state index contributed by atoms with van der Waals surface area (Å²) in [7, 11) is 0. The van der Waals surface area contributed by atoms with Crippen LogP contribution < -0.4 is 5.32 Å². The number of hydrogen-bond acceptors (Lipinski definition) is 5. The van der Waals surface area contributed by atoms with E-state index in [4.69, 9.17) is 0 Å². The summed E-state index contributed by atoms with van der Waals surface area (Å²) < 4.78 is 0. The van der Waals surface area contributed by atoms with Gasteiger partial charge in [0.1, 0.15) is 21.9 Å². The molecule has 1 saturated carbocycles. The molecule has 1 unspecified atom stereocenters. The number of aromatic carboxylic acids is 1. The lowest BCUT2D eigenvalue weighted by molar-refractivity contribution is 0.0701. The number of aryl methyl sites for hydroxylation is 1. The molecule has 0 bridgehead atoms. The molecular formula is C14H17N3O2S. The maximum absolute atomic E-state index is 11.2. The van der Waals surface area contributed by atoms with Crippen LogP contribution in [0.3, 0.4) is 0 Å². The van der Waals surface area contributed by atoms with Crippen LogP contribution >= 0.6 is 11.3 Å². The summed E-state index contributed by atoms with van der Waals surface area (Å²) in [5.41, 5.74) is 0.751. The number of thiophene rings is 1. The fourth-order valence-corrected chi connectivity index (χ4v) is 3.65. The van der Waals surface area contributed by atoms with Crippen LogP contribution in [-0.2, 0) is 0 Å². The molecule has 1 aliphatic rings. The number of fused-ring (bicyclic) bond motifs is 1. The van der Waals surface area contributed by atoms with Crippen molar-refractivity contribution in [2.45, 2.75) is 39.2 Å². The molecule has 2 N–H and O–H groups in total. The molecule has 2 aromatic heterocycles. The van der Waals surface area contributed by atoms with Gasteiger partial charge in [-0.2, -0.15) is 0 Å². The van der Waals surface area contributed by atoms with Gasteiger partial charge in [0.15, 0.2) is 0 Å². The zero-order valence-corrected chi connectivity index (χ0v) is 12.3. The van der Waals surface area contributed by atoms with Gasteiger partial charge in [-0.15, -0.1) is 11.3 Å². The second-order valence-electron chi connectivity index (χ2n) is 5.39. The molecule has 3 rings (SSSR count). The van der Waals surface area contributed by atoms with E-state index in [-0.39, 0.29) is 0 Å². The van der Waals surface area contributed by atoms with Crippen LogP contribution in [-0.4, -0.2) is 27.1 Å². The Hall–Kier alpha value is -1.69. The van der Waals surface area contributed by atoms with Gasteiger partial charge in [0.25, 0.3) is 0 Å². The van der Waals surface area contributed by atoms with Crippen LogP contribution in [0.15, 0.2) is 6.33 Å².